The lowest BCUT2D eigenvalue weighted by Crippen LogP contribution is -2.32. The van der Waals surface area contributed by atoms with Gasteiger partial charge in [-0.1, -0.05) is 166 Å². The topological polar surface area (TPSA) is 38.7 Å². The summed E-state index contributed by atoms with van der Waals surface area (Å²) in [6.07, 6.45) is 20.8. The third-order valence-corrected chi connectivity index (χ3v) is 12.9. The van der Waals surface area contributed by atoms with Crippen LogP contribution in [0.5, 0.6) is 0 Å². The first-order valence-electron chi connectivity index (χ1n) is 18.9. The second-order valence-electron chi connectivity index (χ2n) is 15.9. The zero-order valence-electron chi connectivity index (χ0n) is 29.5. The molecule has 5 aliphatic carbocycles. The molecule has 51 heavy (non-hydrogen) atoms. The highest BCUT2D eigenvalue weighted by atomic mass is 15.0. The Morgan fingerprint density at radius 3 is 1.84 bits per heavy atom. The molecular formula is C48H43N3. The van der Waals surface area contributed by atoms with E-state index in [9.17, 15) is 0 Å². The number of benzene rings is 4. The number of rotatable bonds is 4. The van der Waals surface area contributed by atoms with Crippen molar-refractivity contribution in [2.45, 2.75) is 57.8 Å². The molecule has 3 unspecified atom stereocenters. The van der Waals surface area contributed by atoms with Gasteiger partial charge in [0.25, 0.3) is 0 Å². The molecule has 0 saturated heterocycles. The highest BCUT2D eigenvalue weighted by Crippen LogP contribution is 2.67. The molecule has 5 aromatic rings. The number of hydrogen-bond donors (Lipinski definition) is 0. The van der Waals surface area contributed by atoms with Crippen LogP contribution in [-0.2, 0) is 5.41 Å². The molecule has 0 N–H and O–H groups in total. The summed E-state index contributed by atoms with van der Waals surface area (Å²) >= 11 is 0. The van der Waals surface area contributed by atoms with Gasteiger partial charge in [0.05, 0.1) is 0 Å². The molecular weight excluding hydrogens is 619 g/mol. The minimum absolute atomic E-state index is 0.00314. The van der Waals surface area contributed by atoms with Gasteiger partial charge in [-0.2, -0.15) is 0 Å². The summed E-state index contributed by atoms with van der Waals surface area (Å²) < 4.78 is 0. The second kappa shape index (κ2) is 11.7. The number of hydrogen-bond acceptors (Lipinski definition) is 3. The standard InChI is InChI=1S/C48H43N3/c1-47(2)40-25-24-35(28-37(40)39-30-43-38(29-42(39)47)36-18-10-11-19-41(36)48(43)26-12-5-13-27-48)31-20-22-34(23-21-31)46-50-44(32-14-6-3-7-15-32)49-45(51-46)33-16-8-4-9-17-33/h3-4,6-11,14-17,19-25,28-30,36,38,43H,5,12-13,18,26-27H2,1-2H3. The molecule has 1 heterocycles. The maximum absolute atomic E-state index is 4.96. The van der Waals surface area contributed by atoms with E-state index in [2.05, 4.69) is 111 Å². The van der Waals surface area contributed by atoms with E-state index in [1.807, 2.05) is 36.4 Å². The minimum atomic E-state index is -0.00314. The lowest BCUT2D eigenvalue weighted by atomic mass is 9.62. The third-order valence-electron chi connectivity index (χ3n) is 12.9. The van der Waals surface area contributed by atoms with Crippen LogP contribution in [0.1, 0.15) is 63.5 Å². The lowest BCUT2D eigenvalue weighted by molar-refractivity contribution is 0.184. The Labute approximate surface area is 301 Å². The summed E-state index contributed by atoms with van der Waals surface area (Å²) in [6, 6.07) is 36.3. The van der Waals surface area contributed by atoms with Crippen LogP contribution in [0.2, 0.25) is 0 Å². The van der Waals surface area contributed by atoms with Gasteiger partial charge in [-0.25, -0.2) is 15.0 Å². The Bertz CT molecular complexity index is 2220. The first-order valence-corrected chi connectivity index (χ1v) is 18.9. The summed E-state index contributed by atoms with van der Waals surface area (Å²) in [7, 11) is 0. The largest absolute Gasteiger partial charge is 0.208 e. The second-order valence-corrected chi connectivity index (χ2v) is 15.9. The molecule has 0 aliphatic heterocycles. The van der Waals surface area contributed by atoms with Crippen LogP contribution in [0.25, 0.3) is 50.9 Å². The lowest BCUT2D eigenvalue weighted by Gasteiger charge is -2.42. The molecule has 0 radical (unpaired) electrons. The molecule has 3 atom stereocenters. The van der Waals surface area contributed by atoms with Gasteiger partial charge in [-0.3, -0.25) is 0 Å². The maximum Gasteiger partial charge on any atom is 0.164 e. The average molecular weight is 662 g/mol. The third kappa shape index (κ3) is 4.81. The van der Waals surface area contributed by atoms with Gasteiger partial charge < -0.3 is 0 Å². The quantitative estimate of drug-likeness (QED) is 0.192. The van der Waals surface area contributed by atoms with Gasteiger partial charge in [0.15, 0.2) is 17.5 Å². The Kier molecular flexibility index (Phi) is 7.03. The van der Waals surface area contributed by atoms with E-state index < -0.39 is 0 Å². The van der Waals surface area contributed by atoms with Crippen LogP contribution < -0.4 is 0 Å². The number of allylic oxidation sites excluding steroid dienone is 8. The van der Waals surface area contributed by atoms with Crippen molar-refractivity contribution in [1.29, 1.82) is 0 Å². The van der Waals surface area contributed by atoms with E-state index in [0.29, 0.717) is 40.6 Å². The van der Waals surface area contributed by atoms with Crippen molar-refractivity contribution in [3.63, 3.8) is 0 Å². The number of aromatic nitrogens is 3. The SMILES string of the molecule is CC1(C)C2=CC3C4CC=CC=C4C4(CCCCC4)C3C=C2c2cc(-c3ccc(-c4nc(-c5ccccc5)nc(-c5ccccc5)n4)cc3)ccc21. The fourth-order valence-corrected chi connectivity index (χ4v) is 10.4. The smallest absolute Gasteiger partial charge is 0.164 e. The molecule has 2 fully saturated rings. The Morgan fingerprint density at radius 1 is 0.608 bits per heavy atom. The fourth-order valence-electron chi connectivity index (χ4n) is 10.4. The van der Waals surface area contributed by atoms with Crippen LogP contribution in [0.4, 0.5) is 0 Å². The van der Waals surface area contributed by atoms with Gasteiger partial charge in [0.1, 0.15) is 0 Å². The number of fused-ring (bicyclic) bond motifs is 8. The monoisotopic (exact) mass is 661 g/mol. The van der Waals surface area contributed by atoms with Crippen LogP contribution in [0.3, 0.4) is 0 Å². The summed E-state index contributed by atoms with van der Waals surface area (Å²) in [5.74, 6) is 3.91. The van der Waals surface area contributed by atoms with Crippen LogP contribution in [0, 0.1) is 23.2 Å². The Hall–Kier alpha value is -5.15. The van der Waals surface area contributed by atoms with Crippen molar-refractivity contribution in [2.24, 2.45) is 23.2 Å². The highest BCUT2D eigenvalue weighted by Gasteiger charge is 2.57. The predicted molar refractivity (Wildman–Crippen MR) is 208 cm³/mol. The summed E-state index contributed by atoms with van der Waals surface area (Å²) in [6.45, 7) is 4.89. The maximum atomic E-state index is 4.96. The van der Waals surface area contributed by atoms with E-state index >= 15 is 0 Å². The van der Waals surface area contributed by atoms with Crippen molar-refractivity contribution >= 4 is 5.57 Å². The van der Waals surface area contributed by atoms with Crippen molar-refractivity contribution in [3.05, 3.63) is 156 Å². The van der Waals surface area contributed by atoms with Gasteiger partial charge in [-0.15, -0.1) is 0 Å². The molecule has 0 bridgehead atoms. The first-order chi connectivity index (χ1) is 25.0. The Morgan fingerprint density at radius 2 is 1.20 bits per heavy atom. The van der Waals surface area contributed by atoms with Crippen LogP contribution in [-0.4, -0.2) is 15.0 Å². The number of nitrogens with zero attached hydrogens (tertiary/aromatic N) is 3. The van der Waals surface area contributed by atoms with Gasteiger partial charge >= 0.3 is 0 Å². The van der Waals surface area contributed by atoms with E-state index in [0.717, 1.165) is 16.7 Å². The van der Waals surface area contributed by atoms with Gasteiger partial charge in [0, 0.05) is 22.1 Å². The molecule has 250 valence electrons. The summed E-state index contributed by atoms with van der Waals surface area (Å²) in [5.41, 5.74) is 13.4. The molecule has 2 saturated carbocycles. The molecule has 1 spiro atoms. The molecule has 4 aromatic carbocycles. The normalized spacial score (nSPS) is 23.4. The van der Waals surface area contributed by atoms with Crippen LogP contribution in [0.15, 0.2) is 145 Å². The van der Waals surface area contributed by atoms with Crippen molar-refractivity contribution in [1.82, 2.24) is 15.0 Å². The molecule has 3 heteroatoms. The predicted octanol–water partition coefficient (Wildman–Crippen LogP) is 11.9. The minimum Gasteiger partial charge on any atom is -0.208 e. The van der Waals surface area contributed by atoms with E-state index in [1.165, 1.54) is 66.4 Å². The van der Waals surface area contributed by atoms with E-state index in [4.69, 9.17) is 15.0 Å². The van der Waals surface area contributed by atoms with Crippen molar-refractivity contribution in [3.8, 4) is 45.3 Å². The molecule has 1 aromatic heterocycles. The molecule has 5 aliphatic rings. The highest BCUT2D eigenvalue weighted by molar-refractivity contribution is 5.92. The van der Waals surface area contributed by atoms with Crippen molar-refractivity contribution < 1.29 is 0 Å². The fraction of sp³-hybridized carbons (Fsp3) is 0.271. The summed E-state index contributed by atoms with van der Waals surface area (Å²) in [4.78, 5) is 14.8. The average Bonchev–Trinajstić information content (AvgIpc) is 3.58. The molecule has 0 amide bonds. The molecule has 3 nitrogen and oxygen atoms in total. The van der Waals surface area contributed by atoms with Crippen LogP contribution >= 0.6 is 0 Å². The van der Waals surface area contributed by atoms with E-state index in [1.54, 1.807) is 11.1 Å². The summed E-state index contributed by atoms with van der Waals surface area (Å²) in [5, 5.41) is 0. The first kappa shape index (κ1) is 30.7. The van der Waals surface area contributed by atoms with E-state index in [-0.39, 0.29) is 5.41 Å². The Balaban J connectivity index is 1.02. The molecule has 10 rings (SSSR count). The zero-order valence-corrected chi connectivity index (χ0v) is 29.5. The zero-order chi connectivity index (χ0) is 34.2. The van der Waals surface area contributed by atoms with Gasteiger partial charge in [0.2, 0.25) is 0 Å². The van der Waals surface area contributed by atoms with Crippen molar-refractivity contribution in [2.75, 3.05) is 0 Å². The van der Waals surface area contributed by atoms with Gasteiger partial charge in [-0.05, 0) is 81.9 Å².